The highest BCUT2D eigenvalue weighted by Gasteiger charge is 2.42. The van der Waals surface area contributed by atoms with Crippen LogP contribution in [0.2, 0.25) is 0 Å². The average Bonchev–Trinajstić information content (AvgIpc) is 2.78. The Balaban J connectivity index is 1.92. The van der Waals surface area contributed by atoms with Crippen LogP contribution in [0.15, 0.2) is 54.6 Å². The lowest BCUT2D eigenvalue weighted by Gasteiger charge is -2.42. The van der Waals surface area contributed by atoms with Crippen molar-refractivity contribution in [2.45, 2.75) is 37.7 Å². The van der Waals surface area contributed by atoms with Crippen molar-refractivity contribution < 1.29 is 24.5 Å². The molecule has 0 bridgehead atoms. The number of para-hydroxylation sites is 2. The van der Waals surface area contributed by atoms with Gasteiger partial charge in [-0.05, 0) is 50.3 Å². The summed E-state index contributed by atoms with van der Waals surface area (Å²) in [4.78, 5) is 13.0. The first-order valence-corrected chi connectivity index (χ1v) is 10.6. The molecule has 2 unspecified atom stereocenters. The van der Waals surface area contributed by atoms with Crippen LogP contribution in [0.1, 0.15) is 37.7 Å². The van der Waals surface area contributed by atoms with Crippen LogP contribution in [0.4, 0.5) is 4.79 Å². The van der Waals surface area contributed by atoms with Crippen molar-refractivity contribution in [3.63, 3.8) is 0 Å². The molecule has 1 saturated heterocycles. The molecule has 162 valence electrons. The van der Waals surface area contributed by atoms with Crippen molar-refractivity contribution in [2.24, 2.45) is 5.92 Å². The summed E-state index contributed by atoms with van der Waals surface area (Å²) in [6.45, 7) is 1.45. The Morgan fingerprint density at radius 1 is 1.13 bits per heavy atom. The van der Waals surface area contributed by atoms with E-state index in [1.54, 1.807) is 7.11 Å². The normalized spacial score (nSPS) is 18.6. The third-order valence-corrected chi connectivity index (χ3v) is 5.85. The second-order valence-electron chi connectivity index (χ2n) is 7.85. The summed E-state index contributed by atoms with van der Waals surface area (Å²) in [5.41, 5.74) is -0.476. The smallest absolute Gasteiger partial charge is 0.407 e. The molecule has 1 fully saturated rings. The Hall–Kier alpha value is -2.57. The lowest BCUT2D eigenvalue weighted by atomic mass is 9.73. The number of hydrogen-bond acceptors (Lipinski definition) is 4. The first-order valence-electron chi connectivity index (χ1n) is 10.6. The van der Waals surface area contributed by atoms with Crippen molar-refractivity contribution in [1.82, 2.24) is 4.90 Å². The van der Waals surface area contributed by atoms with E-state index in [0.29, 0.717) is 43.2 Å². The van der Waals surface area contributed by atoms with Gasteiger partial charge in [0.2, 0.25) is 0 Å². The minimum atomic E-state index is -1.19. The van der Waals surface area contributed by atoms with E-state index in [4.69, 9.17) is 9.47 Å². The van der Waals surface area contributed by atoms with Crippen molar-refractivity contribution in [3.05, 3.63) is 60.2 Å². The molecule has 2 aromatic carbocycles. The van der Waals surface area contributed by atoms with E-state index >= 15 is 0 Å². The van der Waals surface area contributed by atoms with Crippen molar-refractivity contribution in [2.75, 3.05) is 26.8 Å². The lowest BCUT2D eigenvalue weighted by molar-refractivity contribution is -0.0596. The number of benzene rings is 2. The number of nitrogens with zero attached hydrogens (tertiary/aromatic N) is 1. The van der Waals surface area contributed by atoms with Crippen LogP contribution in [0, 0.1) is 5.92 Å². The minimum Gasteiger partial charge on any atom is -0.465 e. The van der Waals surface area contributed by atoms with E-state index in [1.165, 1.54) is 4.90 Å². The number of methoxy groups -OCH3 is 1. The summed E-state index contributed by atoms with van der Waals surface area (Å²) in [7, 11) is 1.67. The summed E-state index contributed by atoms with van der Waals surface area (Å²) in [6, 6.07) is 17.0. The third kappa shape index (κ3) is 5.32. The predicted molar refractivity (Wildman–Crippen MR) is 115 cm³/mol. The molecule has 0 aliphatic carbocycles. The fourth-order valence-corrected chi connectivity index (χ4v) is 4.27. The van der Waals surface area contributed by atoms with E-state index in [9.17, 15) is 15.0 Å². The number of likely N-dealkylation sites (tertiary alicyclic amines) is 1. The van der Waals surface area contributed by atoms with Crippen LogP contribution in [0.3, 0.4) is 0 Å². The van der Waals surface area contributed by atoms with E-state index in [0.717, 1.165) is 25.7 Å². The maximum atomic E-state index is 12.0. The van der Waals surface area contributed by atoms with Gasteiger partial charge in [0.25, 0.3) is 0 Å². The molecule has 1 heterocycles. The van der Waals surface area contributed by atoms with Gasteiger partial charge in [-0.3, -0.25) is 0 Å². The van der Waals surface area contributed by atoms with Crippen LogP contribution in [0.25, 0.3) is 0 Å². The number of aliphatic hydroxyl groups is 1. The number of ether oxygens (including phenoxy) is 2. The Morgan fingerprint density at radius 2 is 1.87 bits per heavy atom. The Morgan fingerprint density at radius 3 is 2.60 bits per heavy atom. The fraction of sp³-hybridized carbons (Fsp3) is 0.458. The maximum Gasteiger partial charge on any atom is 0.407 e. The zero-order valence-electron chi connectivity index (χ0n) is 17.5. The van der Waals surface area contributed by atoms with Crippen LogP contribution in [-0.2, 0) is 10.3 Å². The molecule has 2 N–H and O–H groups in total. The van der Waals surface area contributed by atoms with Gasteiger partial charge in [0.1, 0.15) is 11.5 Å². The molecular formula is C24H31NO5. The van der Waals surface area contributed by atoms with Gasteiger partial charge >= 0.3 is 6.09 Å². The van der Waals surface area contributed by atoms with Crippen LogP contribution >= 0.6 is 0 Å². The Labute approximate surface area is 178 Å². The molecule has 0 aromatic heterocycles. The van der Waals surface area contributed by atoms with E-state index in [1.807, 2.05) is 54.6 Å². The third-order valence-electron chi connectivity index (χ3n) is 5.85. The van der Waals surface area contributed by atoms with Gasteiger partial charge in [0.05, 0.1) is 5.60 Å². The van der Waals surface area contributed by atoms with Gasteiger partial charge < -0.3 is 24.6 Å². The zero-order chi connectivity index (χ0) is 21.4. The van der Waals surface area contributed by atoms with Crippen LogP contribution < -0.4 is 4.74 Å². The summed E-state index contributed by atoms with van der Waals surface area (Å²) in [5.74, 6) is 1.10. The van der Waals surface area contributed by atoms with Crippen molar-refractivity contribution in [3.8, 4) is 11.5 Å². The number of rotatable bonds is 9. The molecule has 2 atom stereocenters. The summed E-state index contributed by atoms with van der Waals surface area (Å²) < 4.78 is 11.3. The van der Waals surface area contributed by atoms with Gasteiger partial charge in [-0.25, -0.2) is 4.79 Å². The SMILES string of the molecule is COCCCCC(O)(c1ccccc1Oc1ccccc1)C1CCCN(C(=O)O)C1. The molecule has 1 amide bonds. The average molecular weight is 414 g/mol. The maximum absolute atomic E-state index is 12.0. The summed E-state index contributed by atoms with van der Waals surface area (Å²) >= 11 is 0. The molecule has 2 aromatic rings. The monoisotopic (exact) mass is 413 g/mol. The molecule has 0 spiro atoms. The highest BCUT2D eigenvalue weighted by Crippen LogP contribution is 2.44. The number of unbranched alkanes of at least 4 members (excludes halogenated alkanes) is 1. The number of amides is 1. The number of piperidine rings is 1. The number of carboxylic acid groups (broad SMARTS) is 1. The Kier molecular flexibility index (Phi) is 7.71. The molecule has 6 heteroatoms. The Bertz CT molecular complexity index is 812. The first kappa shape index (κ1) is 22.1. The van der Waals surface area contributed by atoms with Gasteiger partial charge in [0.15, 0.2) is 0 Å². The number of hydrogen-bond donors (Lipinski definition) is 2. The van der Waals surface area contributed by atoms with Crippen LogP contribution in [0.5, 0.6) is 11.5 Å². The molecule has 30 heavy (non-hydrogen) atoms. The minimum absolute atomic E-state index is 0.203. The first-order chi connectivity index (χ1) is 14.5. The zero-order valence-corrected chi connectivity index (χ0v) is 17.5. The highest BCUT2D eigenvalue weighted by atomic mass is 16.5. The topological polar surface area (TPSA) is 79.2 Å². The van der Waals surface area contributed by atoms with E-state index in [2.05, 4.69) is 0 Å². The standard InChI is InChI=1S/C24H31NO5/c1-29-17-8-7-15-24(28,19-10-9-16-25(18-19)23(26)27)21-13-5-6-14-22(21)30-20-11-3-2-4-12-20/h2-6,11-14,19,28H,7-10,15-18H2,1H3,(H,26,27). The highest BCUT2D eigenvalue weighted by molar-refractivity contribution is 5.65. The number of carbonyl (C=O) groups is 1. The van der Waals surface area contributed by atoms with E-state index in [-0.39, 0.29) is 5.92 Å². The van der Waals surface area contributed by atoms with Gasteiger partial charge in [-0.1, -0.05) is 36.4 Å². The van der Waals surface area contributed by atoms with E-state index < -0.39 is 11.7 Å². The van der Waals surface area contributed by atoms with Gasteiger partial charge in [-0.15, -0.1) is 0 Å². The largest absolute Gasteiger partial charge is 0.465 e. The second-order valence-corrected chi connectivity index (χ2v) is 7.85. The van der Waals surface area contributed by atoms with Crippen molar-refractivity contribution in [1.29, 1.82) is 0 Å². The van der Waals surface area contributed by atoms with Gasteiger partial charge in [0, 0.05) is 38.3 Å². The molecule has 1 aliphatic heterocycles. The predicted octanol–water partition coefficient (Wildman–Crippen LogP) is 4.87. The molecule has 1 aliphatic rings. The quantitative estimate of drug-likeness (QED) is 0.573. The van der Waals surface area contributed by atoms with Crippen molar-refractivity contribution >= 4 is 6.09 Å². The van der Waals surface area contributed by atoms with Crippen LogP contribution in [-0.4, -0.2) is 48.0 Å². The summed E-state index contributed by atoms with van der Waals surface area (Å²) in [5, 5.41) is 21.5. The summed E-state index contributed by atoms with van der Waals surface area (Å²) in [6.07, 6.45) is 2.69. The molecule has 0 saturated carbocycles. The van der Waals surface area contributed by atoms with Gasteiger partial charge in [-0.2, -0.15) is 0 Å². The second kappa shape index (κ2) is 10.5. The lowest BCUT2D eigenvalue weighted by Crippen LogP contribution is -2.48. The molecule has 3 rings (SSSR count). The molecular weight excluding hydrogens is 382 g/mol. The molecule has 6 nitrogen and oxygen atoms in total. The molecule has 0 radical (unpaired) electrons. The fourth-order valence-electron chi connectivity index (χ4n) is 4.27.